The smallest absolute Gasteiger partial charge is 0.227 e. The van der Waals surface area contributed by atoms with Crippen LogP contribution in [0.25, 0.3) is 11.3 Å². The molecule has 0 saturated carbocycles. The quantitative estimate of drug-likeness (QED) is 0.777. The van der Waals surface area contributed by atoms with Crippen LogP contribution in [0, 0.1) is 5.92 Å². The number of amides is 1. The van der Waals surface area contributed by atoms with E-state index in [1.807, 2.05) is 31.2 Å². The second-order valence-electron chi connectivity index (χ2n) is 6.76. The molecule has 0 unspecified atom stereocenters. The number of nitrogens with one attached hydrogen (secondary N) is 1. The van der Waals surface area contributed by atoms with Gasteiger partial charge >= 0.3 is 0 Å². The fourth-order valence-electron chi connectivity index (χ4n) is 3.13. The fourth-order valence-corrected chi connectivity index (χ4v) is 3.13. The third kappa shape index (κ3) is 3.69. The summed E-state index contributed by atoms with van der Waals surface area (Å²) >= 11 is 0. The molecule has 5 nitrogen and oxygen atoms in total. The summed E-state index contributed by atoms with van der Waals surface area (Å²) in [7, 11) is 17.6. The van der Waals surface area contributed by atoms with Gasteiger partial charge < -0.3 is 11.1 Å². The molecule has 2 bridgehead atoms. The van der Waals surface area contributed by atoms with Crippen molar-refractivity contribution < 1.29 is 4.79 Å². The molecule has 25 heavy (non-hydrogen) atoms. The molecule has 1 aromatic heterocycles. The minimum Gasteiger partial charge on any atom is -0.324 e. The molecule has 3 N–H and O–H groups in total. The van der Waals surface area contributed by atoms with E-state index in [0.29, 0.717) is 11.4 Å². The summed E-state index contributed by atoms with van der Waals surface area (Å²) < 4.78 is 1.31. The molecule has 0 saturated heterocycles. The van der Waals surface area contributed by atoms with Gasteiger partial charge in [0, 0.05) is 17.5 Å². The topological polar surface area (TPSA) is 72.9 Å². The fraction of sp³-hybridized carbons (Fsp3) is 0.412. The van der Waals surface area contributed by atoms with Crippen LogP contribution in [-0.2, 0) is 10.0 Å². The molecule has 8 heteroatoms. The van der Waals surface area contributed by atoms with Crippen LogP contribution in [0.2, 0.25) is 0 Å². The molecular formula is C17H19B3N4O. The van der Waals surface area contributed by atoms with Crippen LogP contribution < -0.4 is 11.1 Å². The van der Waals surface area contributed by atoms with E-state index in [1.165, 1.54) is 10.9 Å². The van der Waals surface area contributed by atoms with E-state index in [1.54, 1.807) is 0 Å². The number of hydrogen-bond donors (Lipinski definition) is 2. The average molecular weight is 328 g/mol. The number of aromatic nitrogens is 2. The monoisotopic (exact) mass is 328 g/mol. The number of rotatable bonds is 1. The zero-order chi connectivity index (χ0) is 18.2. The minimum absolute atomic E-state index is 0.0808. The summed E-state index contributed by atoms with van der Waals surface area (Å²) in [5.74, 6) is -0.220. The third-order valence-corrected chi connectivity index (χ3v) is 4.58. The van der Waals surface area contributed by atoms with E-state index in [9.17, 15) is 4.79 Å². The lowest BCUT2D eigenvalue weighted by atomic mass is 9.49. The molecule has 0 aliphatic carbocycles. The van der Waals surface area contributed by atoms with Gasteiger partial charge in [-0.05, 0) is 29.7 Å². The molecule has 2 atom stereocenters. The van der Waals surface area contributed by atoms with Crippen LogP contribution in [0.3, 0.4) is 0 Å². The second-order valence-corrected chi connectivity index (χ2v) is 6.76. The Morgan fingerprint density at radius 3 is 2.80 bits per heavy atom. The lowest BCUT2D eigenvalue weighted by Gasteiger charge is -2.25. The number of carbonyl (C=O) groups excluding carboxylic acids is 1. The summed E-state index contributed by atoms with van der Waals surface area (Å²) in [6.07, 6.45) is 3.96. The molecule has 1 aromatic carbocycles. The molecule has 122 valence electrons. The van der Waals surface area contributed by atoms with Gasteiger partial charge in [-0.2, -0.15) is 5.10 Å². The van der Waals surface area contributed by atoms with Gasteiger partial charge in [0.15, 0.2) is 0 Å². The molecule has 0 fully saturated rings. The zero-order valence-electron chi connectivity index (χ0n) is 14.3. The van der Waals surface area contributed by atoms with Crippen molar-refractivity contribution in [2.45, 2.75) is 37.5 Å². The summed E-state index contributed by atoms with van der Waals surface area (Å²) in [4.78, 5) is 12.5. The van der Waals surface area contributed by atoms with Gasteiger partial charge in [0.25, 0.3) is 0 Å². The van der Waals surface area contributed by atoms with Crippen LogP contribution in [-0.4, -0.2) is 39.2 Å². The first-order valence-electron chi connectivity index (χ1n) is 8.39. The largest absolute Gasteiger partial charge is 0.324 e. The molecule has 1 aliphatic heterocycles. The summed E-state index contributed by atoms with van der Waals surface area (Å²) in [5.41, 5.74) is 9.20. The third-order valence-electron chi connectivity index (χ3n) is 4.58. The van der Waals surface area contributed by atoms with E-state index < -0.39 is 5.24 Å². The van der Waals surface area contributed by atoms with E-state index >= 15 is 0 Å². The molecular weight excluding hydrogens is 309 g/mol. The van der Waals surface area contributed by atoms with Crippen LogP contribution in [0.5, 0.6) is 0 Å². The Balaban J connectivity index is 2.18. The normalized spacial score (nSPS) is 21.6. The maximum atomic E-state index is 12.5. The van der Waals surface area contributed by atoms with Gasteiger partial charge in [0.2, 0.25) is 5.91 Å². The average Bonchev–Trinajstić information content (AvgIpc) is 2.97. The predicted octanol–water partition coefficient (Wildman–Crippen LogP) is 1.38. The van der Waals surface area contributed by atoms with Crippen molar-refractivity contribution in [2.24, 2.45) is 11.7 Å². The number of carbonyl (C=O) groups is 1. The van der Waals surface area contributed by atoms with Gasteiger partial charge in [-0.25, -0.2) is 0 Å². The lowest BCUT2D eigenvalue weighted by molar-refractivity contribution is -0.119. The maximum Gasteiger partial charge on any atom is 0.227 e. The van der Waals surface area contributed by atoms with E-state index in [-0.39, 0.29) is 17.9 Å². The van der Waals surface area contributed by atoms with Gasteiger partial charge in [0.1, 0.15) is 0 Å². The number of anilines is 1. The second kappa shape index (κ2) is 6.75. The molecule has 1 amide bonds. The molecule has 6 radical (unpaired) electrons. The lowest BCUT2D eigenvalue weighted by Crippen LogP contribution is -2.36. The zero-order valence-corrected chi connectivity index (χ0v) is 14.3. The van der Waals surface area contributed by atoms with Crippen molar-refractivity contribution in [3.05, 3.63) is 36.0 Å². The van der Waals surface area contributed by atoms with Crippen molar-refractivity contribution in [3.63, 3.8) is 0 Å². The van der Waals surface area contributed by atoms with Crippen LogP contribution in [0.15, 0.2) is 30.5 Å². The first-order valence-corrected chi connectivity index (χ1v) is 8.39. The Bertz CT molecular complexity index is 784. The Labute approximate surface area is 152 Å². The van der Waals surface area contributed by atoms with E-state index in [2.05, 4.69) is 10.4 Å². The number of hydrogen-bond acceptors (Lipinski definition) is 3. The van der Waals surface area contributed by atoms with Crippen LogP contribution in [0.1, 0.15) is 37.8 Å². The first-order chi connectivity index (χ1) is 11.8. The van der Waals surface area contributed by atoms with Gasteiger partial charge in [-0.15, -0.1) is 0 Å². The van der Waals surface area contributed by atoms with Crippen LogP contribution in [0.4, 0.5) is 5.69 Å². The number of benzene rings is 1. The number of nitrogens with zero attached hydrogens (tertiary/aromatic N) is 2. The van der Waals surface area contributed by atoms with Crippen molar-refractivity contribution in [1.29, 1.82) is 0 Å². The minimum atomic E-state index is -1.70. The highest BCUT2D eigenvalue weighted by Crippen LogP contribution is 2.33. The summed E-state index contributed by atoms with van der Waals surface area (Å²) in [6, 6.07) is 7.65. The molecule has 2 heterocycles. The van der Waals surface area contributed by atoms with Crippen LogP contribution >= 0.6 is 0 Å². The number of fused-ring (bicyclic) bond motifs is 4. The van der Waals surface area contributed by atoms with Crippen molar-refractivity contribution in [1.82, 2.24) is 9.78 Å². The van der Waals surface area contributed by atoms with E-state index in [0.717, 1.165) is 30.4 Å². The molecule has 0 spiro atoms. The molecule has 3 rings (SSSR count). The van der Waals surface area contributed by atoms with E-state index in [4.69, 9.17) is 29.3 Å². The molecule has 1 aliphatic rings. The standard InChI is InChI=1S/C17H19B3N4O/c1-10-4-2-7-13(21)11-5-3-6-12(8-11)15-14(23-16(10)25)9-22-24(15)17(18,19)20/h3,5-6,8-10,13H,2,4,7,21H2,1H3,(H,23,25)/t10-,13+/m1/s1. The SMILES string of the molecule is [B]C([B])([B])n1ncc2c1-c1cccc(c1)[C@@H](N)CCC[C@@H](C)C(=O)N2. The van der Waals surface area contributed by atoms with Crippen molar-refractivity contribution in [3.8, 4) is 11.3 Å². The predicted molar refractivity (Wildman–Crippen MR) is 101 cm³/mol. The Morgan fingerprint density at radius 1 is 1.32 bits per heavy atom. The van der Waals surface area contributed by atoms with Crippen molar-refractivity contribution >= 4 is 35.1 Å². The highest BCUT2D eigenvalue weighted by atomic mass is 16.1. The van der Waals surface area contributed by atoms with Gasteiger partial charge in [-0.1, -0.05) is 31.5 Å². The Morgan fingerprint density at radius 2 is 2.08 bits per heavy atom. The molecule has 2 aromatic rings. The highest BCUT2D eigenvalue weighted by molar-refractivity contribution is 6.56. The summed E-state index contributed by atoms with van der Waals surface area (Å²) in [5, 5.41) is 5.41. The van der Waals surface area contributed by atoms with Gasteiger partial charge in [-0.3, -0.25) is 9.48 Å². The Hall–Kier alpha value is -1.95. The summed E-state index contributed by atoms with van der Waals surface area (Å²) in [6.45, 7) is 1.90. The van der Waals surface area contributed by atoms with Crippen molar-refractivity contribution in [2.75, 3.05) is 5.32 Å². The first kappa shape index (κ1) is 17.9. The number of nitrogens with two attached hydrogens (primary N) is 1. The highest BCUT2D eigenvalue weighted by Gasteiger charge is 2.24. The Kier molecular flexibility index (Phi) is 4.82. The maximum absolute atomic E-state index is 12.5. The van der Waals surface area contributed by atoms with Gasteiger partial charge in [0.05, 0.1) is 41.1 Å².